The van der Waals surface area contributed by atoms with E-state index in [0.717, 1.165) is 30.9 Å². The molecule has 2 unspecified atom stereocenters. The van der Waals surface area contributed by atoms with Crippen molar-refractivity contribution < 1.29 is 27.4 Å². The van der Waals surface area contributed by atoms with Crippen molar-refractivity contribution in [3.05, 3.63) is 59.7 Å². The number of carbonyl (C=O) groups excluding carboxylic acids is 1. The first-order valence-corrected chi connectivity index (χ1v) is 13.5. The molecule has 10 rings (SSSR count). The first-order valence-electron chi connectivity index (χ1n) is 13.5. The highest BCUT2D eigenvalue weighted by Gasteiger charge is 2.56. The molecule has 7 aliphatic rings. The van der Waals surface area contributed by atoms with Crippen LogP contribution in [0.3, 0.4) is 0 Å². The van der Waals surface area contributed by atoms with Gasteiger partial charge in [0.25, 0.3) is 5.91 Å². The Kier molecular flexibility index (Phi) is 7.28. The monoisotopic (exact) mass is 569 g/mol. The zero-order valence-electron chi connectivity index (χ0n) is 22.3. The number of rotatable bonds is 2. The molecule has 3 atom stereocenters. The van der Waals surface area contributed by atoms with E-state index in [1.807, 2.05) is 29.2 Å². The van der Waals surface area contributed by atoms with Gasteiger partial charge in [-0.3, -0.25) is 4.79 Å². The molecule has 6 aliphatic heterocycles. The van der Waals surface area contributed by atoms with Crippen LogP contribution in [0, 0.1) is 17.8 Å². The van der Waals surface area contributed by atoms with Crippen LogP contribution < -0.4 is 25.4 Å². The number of hydrogen-bond acceptors (Lipinski definition) is 9. The third-order valence-corrected chi connectivity index (χ3v) is 7.46. The molecule has 216 valence electrons. The highest BCUT2D eigenvalue weighted by molar-refractivity contribution is 5.95. The van der Waals surface area contributed by atoms with Crippen molar-refractivity contribution in [3.63, 3.8) is 0 Å². The minimum Gasteiger partial charge on any atom is -0.493 e. The number of piperidine rings is 1. The Hall–Kier alpha value is -4.13. The number of nitrogens with zero attached hydrogens (tertiary/aromatic N) is 4. The van der Waals surface area contributed by atoms with E-state index < -0.39 is 18.8 Å². The summed E-state index contributed by atoms with van der Waals surface area (Å²) < 4.78 is 49.1. The van der Waals surface area contributed by atoms with E-state index in [1.54, 1.807) is 24.3 Å². The van der Waals surface area contributed by atoms with Crippen LogP contribution in [-0.2, 0) is 6.54 Å². The number of benzene rings is 2. The molecule has 1 amide bonds. The number of halogens is 3. The lowest BCUT2D eigenvalue weighted by atomic mass is 10.1. The van der Waals surface area contributed by atoms with Crippen molar-refractivity contribution in [1.82, 2.24) is 25.2 Å². The summed E-state index contributed by atoms with van der Waals surface area (Å²) in [6.07, 6.45) is -4.55. The van der Waals surface area contributed by atoms with E-state index in [0.29, 0.717) is 48.2 Å². The molecule has 7 heterocycles. The fourth-order valence-corrected chi connectivity index (χ4v) is 5.22. The van der Waals surface area contributed by atoms with Gasteiger partial charge >= 0.3 is 12.2 Å². The summed E-state index contributed by atoms with van der Waals surface area (Å²) in [5.74, 6) is 1.97. The van der Waals surface area contributed by atoms with Gasteiger partial charge in [-0.2, -0.15) is 28.1 Å². The van der Waals surface area contributed by atoms with Crippen LogP contribution in [0.25, 0.3) is 0 Å². The second-order valence-corrected chi connectivity index (χ2v) is 10.8. The predicted octanol–water partition coefficient (Wildman–Crippen LogP) is 3.86. The first kappa shape index (κ1) is 27.1. The van der Waals surface area contributed by atoms with E-state index in [-0.39, 0.29) is 17.8 Å². The number of nitrogens with one attached hydrogen (secondary N) is 3. The van der Waals surface area contributed by atoms with Gasteiger partial charge in [-0.1, -0.05) is 19.1 Å². The van der Waals surface area contributed by atoms with Crippen molar-refractivity contribution in [2.24, 2.45) is 17.8 Å². The van der Waals surface area contributed by atoms with Gasteiger partial charge in [-0.15, -0.1) is 0 Å². The number of aromatic nitrogens is 3. The fourth-order valence-electron chi connectivity index (χ4n) is 5.22. The molecule has 0 spiro atoms. The van der Waals surface area contributed by atoms with Gasteiger partial charge in [0.2, 0.25) is 11.9 Å². The Morgan fingerprint density at radius 1 is 1.00 bits per heavy atom. The summed E-state index contributed by atoms with van der Waals surface area (Å²) in [5.41, 5.74) is 2.00. The second kappa shape index (κ2) is 11.0. The van der Waals surface area contributed by atoms with Gasteiger partial charge in [0.15, 0.2) is 6.61 Å². The summed E-state index contributed by atoms with van der Waals surface area (Å²) in [6, 6.07) is 14.3. The summed E-state index contributed by atoms with van der Waals surface area (Å²) >= 11 is 0. The van der Waals surface area contributed by atoms with Crippen LogP contribution in [0.15, 0.2) is 48.5 Å². The Morgan fingerprint density at radius 3 is 2.41 bits per heavy atom. The number of ether oxygens (including phenoxy) is 2. The van der Waals surface area contributed by atoms with Crippen LogP contribution in [0.1, 0.15) is 22.8 Å². The van der Waals surface area contributed by atoms with Crippen LogP contribution in [0.2, 0.25) is 0 Å². The van der Waals surface area contributed by atoms with Crippen molar-refractivity contribution in [1.29, 1.82) is 0 Å². The molecule has 1 aromatic heterocycles. The summed E-state index contributed by atoms with van der Waals surface area (Å²) in [6.45, 7) is 3.75. The van der Waals surface area contributed by atoms with E-state index in [9.17, 15) is 18.0 Å². The summed E-state index contributed by atoms with van der Waals surface area (Å²) in [5, 5.41) is 9.63. The maximum absolute atomic E-state index is 13.1. The van der Waals surface area contributed by atoms with Gasteiger partial charge in [-0.05, 0) is 53.8 Å². The van der Waals surface area contributed by atoms with Gasteiger partial charge in [0.1, 0.15) is 5.75 Å². The zero-order chi connectivity index (χ0) is 28.6. The maximum atomic E-state index is 13.1. The lowest BCUT2D eigenvalue weighted by Crippen LogP contribution is -2.37. The number of carbonyl (C=O) groups is 1. The third-order valence-electron chi connectivity index (χ3n) is 7.46. The molecule has 13 heteroatoms. The number of amides is 1. The summed E-state index contributed by atoms with van der Waals surface area (Å²) in [7, 11) is 0. The molecule has 10 bridgehead atoms. The lowest BCUT2D eigenvalue weighted by Gasteiger charge is -2.21. The van der Waals surface area contributed by atoms with Crippen LogP contribution in [0.5, 0.6) is 11.8 Å². The van der Waals surface area contributed by atoms with Crippen molar-refractivity contribution >= 4 is 23.5 Å². The molecule has 1 saturated carbocycles. The number of alkyl halides is 3. The topological polar surface area (TPSA) is 114 Å². The van der Waals surface area contributed by atoms with Crippen LogP contribution in [0.4, 0.5) is 30.8 Å². The normalized spacial score (nSPS) is 24.2. The third kappa shape index (κ3) is 6.62. The molecule has 1 aliphatic carbocycles. The maximum Gasteiger partial charge on any atom is 0.422 e. The van der Waals surface area contributed by atoms with E-state index >= 15 is 0 Å². The molecule has 2 aromatic carbocycles. The van der Waals surface area contributed by atoms with Gasteiger partial charge < -0.3 is 30.3 Å². The first-order chi connectivity index (χ1) is 19.7. The van der Waals surface area contributed by atoms with Gasteiger partial charge in [-0.25, -0.2) is 0 Å². The molecule has 10 nitrogen and oxygen atoms in total. The Balaban J connectivity index is 1.24. The van der Waals surface area contributed by atoms with Crippen LogP contribution in [-0.4, -0.2) is 70.8 Å². The molecule has 0 radical (unpaired) electrons. The molecule has 2 fully saturated rings. The fraction of sp³-hybridized carbons (Fsp3) is 0.429. The molecular formula is C28H30F3N7O3. The second-order valence-electron chi connectivity index (χ2n) is 10.8. The van der Waals surface area contributed by atoms with Crippen molar-refractivity contribution in [3.8, 4) is 11.8 Å². The SMILES string of the molecule is C[C@H]1CNC2C3CN(CC32)C(=O)c2ccc(cc2)Nc2nc(nc(OCC(F)(F)F)n2)NCc2ccc(cc2)OC1. The highest BCUT2D eigenvalue weighted by atomic mass is 19.4. The number of anilines is 3. The average molecular weight is 570 g/mol. The Bertz CT molecular complexity index is 1380. The number of hydrogen-bond donors (Lipinski definition) is 3. The standard InChI is InChI=1S/C28H30F3N7O3/c1-16-10-32-23-21-12-38(13-22(21)23)24(39)18-4-6-19(7-5-18)34-26-35-25(36-27(37-26)41-15-28(29,30)31)33-11-17-2-8-20(9-3-17)40-14-16/h2-9,16,21-23,32H,10-15H2,1H3,(H2,33,34,35,36,37)/t16-,21?,22?,23?/m0/s1. The van der Waals surface area contributed by atoms with Gasteiger partial charge in [0.05, 0.1) is 6.61 Å². The Labute approximate surface area is 234 Å². The quantitative estimate of drug-likeness (QED) is 0.424. The van der Waals surface area contributed by atoms with Crippen molar-refractivity contribution in [2.75, 3.05) is 43.5 Å². The van der Waals surface area contributed by atoms with E-state index in [1.165, 1.54) is 0 Å². The minimum absolute atomic E-state index is 0.00996. The molecule has 3 aromatic rings. The summed E-state index contributed by atoms with van der Waals surface area (Å²) in [4.78, 5) is 27.2. The average Bonchev–Trinajstić information content (AvgIpc) is 3.40. The highest BCUT2D eigenvalue weighted by Crippen LogP contribution is 2.45. The van der Waals surface area contributed by atoms with E-state index in [2.05, 4.69) is 37.8 Å². The van der Waals surface area contributed by atoms with Gasteiger partial charge in [0, 0.05) is 49.4 Å². The lowest BCUT2D eigenvalue weighted by molar-refractivity contribution is -0.154. The van der Waals surface area contributed by atoms with E-state index in [4.69, 9.17) is 9.47 Å². The smallest absolute Gasteiger partial charge is 0.422 e. The van der Waals surface area contributed by atoms with Crippen LogP contribution >= 0.6 is 0 Å². The molecular weight excluding hydrogens is 539 g/mol. The van der Waals surface area contributed by atoms with Crippen molar-refractivity contribution in [2.45, 2.75) is 25.7 Å². The molecule has 1 saturated heterocycles. The molecule has 41 heavy (non-hydrogen) atoms. The largest absolute Gasteiger partial charge is 0.493 e. The predicted molar refractivity (Wildman–Crippen MR) is 144 cm³/mol. The molecule has 3 N–H and O–H groups in total. The Morgan fingerprint density at radius 2 is 1.71 bits per heavy atom. The zero-order valence-corrected chi connectivity index (χ0v) is 22.3. The minimum atomic E-state index is -4.55.